The van der Waals surface area contributed by atoms with Gasteiger partial charge in [0.1, 0.15) is 5.54 Å². The minimum absolute atomic E-state index is 0.322. The molecule has 0 saturated carbocycles. The number of carbonyl (C=O) groups excluding carboxylic acids is 2. The largest absolute Gasteiger partial charge is 0.437 e. The third-order valence-electron chi connectivity index (χ3n) is 3.43. The molecule has 1 aromatic rings. The lowest BCUT2D eigenvalue weighted by Gasteiger charge is -2.23. The molecule has 1 aromatic carbocycles. The van der Waals surface area contributed by atoms with Crippen molar-refractivity contribution in [3.05, 3.63) is 48.6 Å². The summed E-state index contributed by atoms with van der Waals surface area (Å²) in [5, 5.41) is 3.01. The van der Waals surface area contributed by atoms with Gasteiger partial charge >= 0.3 is 5.97 Å². The molecule has 100 valence electrons. The number of nitrogens with one attached hydrogen (secondary N) is 1. The Morgan fingerprint density at radius 3 is 2.74 bits per heavy atom. The van der Waals surface area contributed by atoms with Crippen LogP contribution in [0.15, 0.2) is 43.0 Å². The van der Waals surface area contributed by atoms with Crippen LogP contribution in [0.1, 0.15) is 18.9 Å². The number of hydrogen-bond donors (Lipinski definition) is 1. The number of rotatable bonds is 5. The second-order valence-corrected chi connectivity index (χ2v) is 4.63. The van der Waals surface area contributed by atoms with E-state index in [0.29, 0.717) is 12.8 Å². The van der Waals surface area contributed by atoms with Gasteiger partial charge in [0.15, 0.2) is 0 Å². The smallest absolute Gasteiger partial charge is 0.328 e. The third kappa shape index (κ3) is 2.58. The molecule has 19 heavy (non-hydrogen) atoms. The van der Waals surface area contributed by atoms with E-state index in [9.17, 15) is 9.59 Å². The first-order chi connectivity index (χ1) is 9.11. The topological polar surface area (TPSA) is 55.4 Å². The molecule has 1 N–H and O–H groups in total. The van der Waals surface area contributed by atoms with E-state index < -0.39 is 11.8 Å². The van der Waals surface area contributed by atoms with Gasteiger partial charge in [-0.3, -0.25) is 10.1 Å². The van der Waals surface area contributed by atoms with Crippen LogP contribution in [0, 0.1) is 0 Å². The fraction of sp³-hybridized carbons (Fsp3) is 0.333. The molecule has 2 unspecified atom stereocenters. The fourth-order valence-corrected chi connectivity index (χ4v) is 2.23. The van der Waals surface area contributed by atoms with Crippen LogP contribution in [0.5, 0.6) is 0 Å². The zero-order valence-electron chi connectivity index (χ0n) is 10.9. The maximum atomic E-state index is 12.1. The van der Waals surface area contributed by atoms with Gasteiger partial charge in [-0.05, 0) is 18.1 Å². The molecular formula is C15H17NO3. The molecule has 0 bridgehead atoms. The number of esters is 1. The molecule has 2 rings (SSSR count). The summed E-state index contributed by atoms with van der Waals surface area (Å²) in [6, 6.07) is 9.67. The Labute approximate surface area is 112 Å². The molecule has 0 aliphatic carbocycles. The Kier molecular flexibility index (Phi) is 3.81. The first-order valence-electron chi connectivity index (χ1n) is 6.30. The number of benzene rings is 1. The van der Waals surface area contributed by atoms with Crippen LogP contribution in [0.25, 0.3) is 0 Å². The lowest BCUT2D eigenvalue weighted by molar-refractivity contribution is -0.148. The van der Waals surface area contributed by atoms with Crippen molar-refractivity contribution in [3.63, 3.8) is 0 Å². The van der Waals surface area contributed by atoms with Crippen LogP contribution >= 0.6 is 0 Å². The Morgan fingerprint density at radius 1 is 1.47 bits per heavy atom. The highest BCUT2D eigenvalue weighted by Gasteiger charge is 2.48. The summed E-state index contributed by atoms with van der Waals surface area (Å²) < 4.78 is 5.12. The molecule has 0 amide bonds. The van der Waals surface area contributed by atoms with Crippen molar-refractivity contribution in [1.82, 2.24) is 5.32 Å². The summed E-state index contributed by atoms with van der Waals surface area (Å²) in [6.45, 7) is 5.31. The summed E-state index contributed by atoms with van der Waals surface area (Å²) in [7, 11) is 0. The molecule has 2 atom stereocenters. The van der Waals surface area contributed by atoms with Crippen LogP contribution in [0.2, 0.25) is 0 Å². The number of ether oxygens (including phenoxy) is 1. The number of ketones is 1. The predicted molar refractivity (Wildman–Crippen MR) is 71.4 cm³/mol. The van der Waals surface area contributed by atoms with E-state index >= 15 is 0 Å². The lowest BCUT2D eigenvalue weighted by atomic mass is 9.89. The van der Waals surface area contributed by atoms with Gasteiger partial charge in [0.2, 0.25) is 12.0 Å². The van der Waals surface area contributed by atoms with E-state index in [-0.39, 0.29) is 11.8 Å². The molecule has 0 aromatic heterocycles. The van der Waals surface area contributed by atoms with E-state index in [4.69, 9.17) is 4.74 Å². The van der Waals surface area contributed by atoms with Crippen molar-refractivity contribution < 1.29 is 14.3 Å². The van der Waals surface area contributed by atoms with Crippen molar-refractivity contribution >= 4 is 11.8 Å². The average molecular weight is 259 g/mol. The second kappa shape index (κ2) is 5.36. The molecule has 1 fully saturated rings. The van der Waals surface area contributed by atoms with Crippen molar-refractivity contribution in [2.24, 2.45) is 0 Å². The monoisotopic (exact) mass is 259 g/mol. The molecule has 4 nitrogen and oxygen atoms in total. The molecule has 1 aliphatic rings. The van der Waals surface area contributed by atoms with Crippen LogP contribution < -0.4 is 5.32 Å². The molecular weight excluding hydrogens is 242 g/mol. The second-order valence-electron chi connectivity index (χ2n) is 4.63. The van der Waals surface area contributed by atoms with Gasteiger partial charge in [0.25, 0.3) is 0 Å². The van der Waals surface area contributed by atoms with Crippen LogP contribution in [-0.4, -0.2) is 23.5 Å². The Hall–Kier alpha value is -1.94. The number of carbonyl (C=O) groups is 2. The van der Waals surface area contributed by atoms with Crippen LogP contribution in [0.3, 0.4) is 0 Å². The quantitative estimate of drug-likeness (QED) is 0.644. The summed E-state index contributed by atoms with van der Waals surface area (Å²) in [5.74, 6) is -0.698. The zero-order chi connectivity index (χ0) is 13.9. The summed E-state index contributed by atoms with van der Waals surface area (Å²) in [6.07, 6.45) is 1.32. The molecule has 1 aliphatic heterocycles. The summed E-state index contributed by atoms with van der Waals surface area (Å²) in [5.41, 5.74) is 0.200. The molecule has 0 spiro atoms. The van der Waals surface area contributed by atoms with Gasteiger partial charge in [-0.15, -0.1) is 0 Å². The van der Waals surface area contributed by atoms with Gasteiger partial charge in [-0.1, -0.05) is 43.8 Å². The molecule has 1 saturated heterocycles. The van der Waals surface area contributed by atoms with Gasteiger partial charge < -0.3 is 4.74 Å². The van der Waals surface area contributed by atoms with Gasteiger partial charge in [0, 0.05) is 6.42 Å². The highest BCUT2D eigenvalue weighted by atomic mass is 16.6. The normalized spacial score (nSPS) is 25.9. The average Bonchev–Trinajstić information content (AvgIpc) is 2.77. The maximum absolute atomic E-state index is 12.1. The molecule has 0 radical (unpaired) electrons. The third-order valence-corrected chi connectivity index (χ3v) is 3.43. The Bertz CT molecular complexity index is 497. The molecule has 1 heterocycles. The minimum Gasteiger partial charge on any atom is -0.437 e. The van der Waals surface area contributed by atoms with E-state index in [1.165, 1.54) is 6.08 Å². The van der Waals surface area contributed by atoms with Crippen molar-refractivity contribution in [3.8, 4) is 0 Å². The van der Waals surface area contributed by atoms with Crippen LogP contribution in [0.4, 0.5) is 0 Å². The van der Waals surface area contributed by atoms with Crippen LogP contribution in [-0.2, 0) is 20.7 Å². The summed E-state index contributed by atoms with van der Waals surface area (Å²) >= 11 is 0. The van der Waals surface area contributed by atoms with E-state index in [1.807, 2.05) is 37.3 Å². The highest BCUT2D eigenvalue weighted by Crippen LogP contribution is 2.26. The first-order valence-corrected chi connectivity index (χ1v) is 6.30. The lowest BCUT2D eigenvalue weighted by Crippen LogP contribution is -2.50. The van der Waals surface area contributed by atoms with Crippen molar-refractivity contribution in [2.45, 2.75) is 31.5 Å². The highest BCUT2D eigenvalue weighted by molar-refractivity contribution is 5.97. The fourth-order valence-electron chi connectivity index (χ4n) is 2.23. The SMILES string of the molecule is C=CC(=O)C1NC(CC)(Cc2ccccc2)C(=O)O1. The number of cyclic esters (lactones) is 1. The van der Waals surface area contributed by atoms with Gasteiger partial charge in [-0.2, -0.15) is 0 Å². The Balaban J connectivity index is 2.21. The zero-order valence-corrected chi connectivity index (χ0v) is 10.9. The van der Waals surface area contributed by atoms with E-state index in [0.717, 1.165) is 5.56 Å². The maximum Gasteiger partial charge on any atom is 0.328 e. The molecule has 4 heteroatoms. The van der Waals surface area contributed by atoms with Gasteiger partial charge in [0.05, 0.1) is 0 Å². The van der Waals surface area contributed by atoms with E-state index in [2.05, 4.69) is 11.9 Å². The first kappa shape index (κ1) is 13.5. The number of hydrogen-bond acceptors (Lipinski definition) is 4. The van der Waals surface area contributed by atoms with E-state index in [1.54, 1.807) is 0 Å². The van der Waals surface area contributed by atoms with Crippen molar-refractivity contribution in [1.29, 1.82) is 0 Å². The predicted octanol–water partition coefficient (Wildman–Crippen LogP) is 1.61. The van der Waals surface area contributed by atoms with Gasteiger partial charge in [-0.25, -0.2) is 4.79 Å². The standard InChI is InChI=1S/C15H17NO3/c1-3-12(17)13-16-15(4-2,14(18)19-13)10-11-8-6-5-7-9-11/h3,5-9,13,16H,1,4,10H2,2H3. The summed E-state index contributed by atoms with van der Waals surface area (Å²) in [4.78, 5) is 23.6. The van der Waals surface area contributed by atoms with Crippen molar-refractivity contribution in [2.75, 3.05) is 0 Å². The minimum atomic E-state index is -0.909. The Morgan fingerprint density at radius 2 is 2.16 bits per heavy atom.